The molecule has 0 atom stereocenters. The number of hydrogen-bond acceptors (Lipinski definition) is 2. The van der Waals surface area contributed by atoms with Crippen LogP contribution in [0.3, 0.4) is 0 Å². The molecule has 0 aliphatic carbocycles. The first-order chi connectivity index (χ1) is 6.77. The molecule has 0 unspecified atom stereocenters. The number of aromatic hydroxyl groups is 1. The van der Waals surface area contributed by atoms with Crippen molar-refractivity contribution < 1.29 is 5.11 Å². The Morgan fingerprint density at radius 1 is 1.14 bits per heavy atom. The van der Waals surface area contributed by atoms with Gasteiger partial charge < -0.3 is 5.11 Å². The van der Waals surface area contributed by atoms with Crippen molar-refractivity contribution in [2.45, 2.75) is 0 Å². The highest BCUT2D eigenvalue weighted by atomic mass is 35.5. The standard InChI is InChI=1S/C11H8ClNO/c12-9-7-8(4-5-11(9)14)10-3-1-2-6-13-10/h1-7,14H. The Hall–Kier alpha value is -1.54. The van der Waals surface area contributed by atoms with Gasteiger partial charge in [-0.15, -0.1) is 0 Å². The third-order valence-corrected chi connectivity index (χ3v) is 2.21. The molecular weight excluding hydrogens is 198 g/mol. The third-order valence-electron chi connectivity index (χ3n) is 1.91. The molecule has 14 heavy (non-hydrogen) atoms. The summed E-state index contributed by atoms with van der Waals surface area (Å²) in [6.45, 7) is 0. The molecule has 1 aromatic carbocycles. The van der Waals surface area contributed by atoms with Gasteiger partial charge in [0.15, 0.2) is 0 Å². The highest BCUT2D eigenvalue weighted by Crippen LogP contribution is 2.27. The summed E-state index contributed by atoms with van der Waals surface area (Å²) in [5.74, 6) is 0.0892. The highest BCUT2D eigenvalue weighted by Gasteiger charge is 2.02. The van der Waals surface area contributed by atoms with E-state index in [4.69, 9.17) is 11.6 Å². The van der Waals surface area contributed by atoms with Gasteiger partial charge in [-0.05, 0) is 30.3 Å². The normalized spacial score (nSPS) is 10.1. The summed E-state index contributed by atoms with van der Waals surface area (Å²) in [5.41, 5.74) is 1.74. The van der Waals surface area contributed by atoms with Crippen LogP contribution in [0.4, 0.5) is 0 Å². The fraction of sp³-hybridized carbons (Fsp3) is 0. The lowest BCUT2D eigenvalue weighted by Gasteiger charge is -2.01. The number of benzene rings is 1. The van der Waals surface area contributed by atoms with Crippen molar-refractivity contribution in [3.63, 3.8) is 0 Å². The van der Waals surface area contributed by atoms with Crippen molar-refractivity contribution in [2.75, 3.05) is 0 Å². The number of rotatable bonds is 1. The van der Waals surface area contributed by atoms with Crippen molar-refractivity contribution in [1.82, 2.24) is 4.98 Å². The maximum Gasteiger partial charge on any atom is 0.134 e. The molecule has 0 aliphatic rings. The first-order valence-electron chi connectivity index (χ1n) is 4.17. The highest BCUT2D eigenvalue weighted by molar-refractivity contribution is 6.32. The molecule has 70 valence electrons. The predicted molar refractivity (Wildman–Crippen MR) is 56.3 cm³/mol. The summed E-state index contributed by atoms with van der Waals surface area (Å²) < 4.78 is 0. The minimum atomic E-state index is 0.0892. The van der Waals surface area contributed by atoms with Gasteiger partial charge >= 0.3 is 0 Å². The molecule has 2 nitrogen and oxygen atoms in total. The lowest BCUT2D eigenvalue weighted by molar-refractivity contribution is 0.475. The average Bonchev–Trinajstić information content (AvgIpc) is 2.23. The Labute approximate surface area is 86.8 Å². The fourth-order valence-electron chi connectivity index (χ4n) is 1.20. The number of pyridine rings is 1. The van der Waals surface area contributed by atoms with Crippen molar-refractivity contribution in [1.29, 1.82) is 0 Å². The van der Waals surface area contributed by atoms with Gasteiger partial charge in [0.2, 0.25) is 0 Å². The Morgan fingerprint density at radius 2 is 2.00 bits per heavy atom. The number of aromatic nitrogens is 1. The van der Waals surface area contributed by atoms with Gasteiger partial charge in [0.25, 0.3) is 0 Å². The smallest absolute Gasteiger partial charge is 0.134 e. The number of halogens is 1. The molecule has 0 bridgehead atoms. The zero-order valence-corrected chi connectivity index (χ0v) is 8.07. The molecule has 2 rings (SSSR count). The van der Waals surface area contributed by atoms with E-state index in [9.17, 15) is 5.11 Å². The van der Waals surface area contributed by atoms with Crippen molar-refractivity contribution in [3.8, 4) is 17.0 Å². The lowest BCUT2D eigenvalue weighted by atomic mass is 10.1. The van der Waals surface area contributed by atoms with E-state index in [-0.39, 0.29) is 5.75 Å². The number of hydrogen-bond donors (Lipinski definition) is 1. The number of phenols is 1. The maximum absolute atomic E-state index is 9.24. The molecule has 1 heterocycles. The van der Waals surface area contributed by atoms with E-state index >= 15 is 0 Å². The van der Waals surface area contributed by atoms with Crippen LogP contribution in [0, 0.1) is 0 Å². The minimum Gasteiger partial charge on any atom is -0.506 e. The van der Waals surface area contributed by atoms with Crippen LogP contribution in [0.25, 0.3) is 11.3 Å². The number of phenolic OH excluding ortho intramolecular Hbond substituents is 1. The van der Waals surface area contributed by atoms with Crippen LogP contribution in [0.1, 0.15) is 0 Å². The molecule has 2 aromatic rings. The Bertz CT molecular complexity index is 442. The third kappa shape index (κ3) is 1.70. The molecular formula is C11H8ClNO. The molecule has 0 spiro atoms. The Balaban J connectivity index is 2.48. The monoisotopic (exact) mass is 205 g/mol. The van der Waals surface area contributed by atoms with Crippen molar-refractivity contribution in [2.24, 2.45) is 0 Å². The zero-order chi connectivity index (χ0) is 9.97. The van der Waals surface area contributed by atoms with Crippen LogP contribution in [0.5, 0.6) is 5.75 Å². The molecule has 0 aliphatic heterocycles. The maximum atomic E-state index is 9.24. The second-order valence-electron chi connectivity index (χ2n) is 2.88. The van der Waals surface area contributed by atoms with Crippen LogP contribution < -0.4 is 0 Å². The Kier molecular flexibility index (Phi) is 2.37. The summed E-state index contributed by atoms with van der Waals surface area (Å²) >= 11 is 5.79. The van der Waals surface area contributed by atoms with Crippen LogP contribution in [-0.4, -0.2) is 10.1 Å². The molecule has 0 amide bonds. The van der Waals surface area contributed by atoms with Crippen LogP contribution in [0.15, 0.2) is 42.6 Å². The molecule has 0 saturated heterocycles. The summed E-state index contributed by atoms with van der Waals surface area (Å²) in [6.07, 6.45) is 1.72. The van der Waals surface area contributed by atoms with Crippen LogP contribution >= 0.6 is 11.6 Å². The molecule has 0 fully saturated rings. The van der Waals surface area contributed by atoms with Gasteiger partial charge in [-0.25, -0.2) is 0 Å². The summed E-state index contributed by atoms with van der Waals surface area (Å²) in [4.78, 5) is 4.18. The lowest BCUT2D eigenvalue weighted by Crippen LogP contribution is -1.81. The van der Waals surface area contributed by atoms with Crippen LogP contribution in [-0.2, 0) is 0 Å². The topological polar surface area (TPSA) is 33.1 Å². The van der Waals surface area contributed by atoms with Gasteiger partial charge in [-0.2, -0.15) is 0 Å². The van der Waals surface area contributed by atoms with E-state index in [0.717, 1.165) is 11.3 Å². The average molecular weight is 206 g/mol. The molecule has 0 radical (unpaired) electrons. The van der Waals surface area contributed by atoms with Gasteiger partial charge in [0, 0.05) is 11.8 Å². The van der Waals surface area contributed by atoms with Gasteiger partial charge in [0.1, 0.15) is 5.75 Å². The first-order valence-corrected chi connectivity index (χ1v) is 4.55. The quantitative estimate of drug-likeness (QED) is 0.776. The van der Waals surface area contributed by atoms with Gasteiger partial charge in [-0.1, -0.05) is 17.7 Å². The summed E-state index contributed by atoms with van der Waals surface area (Å²) in [7, 11) is 0. The van der Waals surface area contributed by atoms with E-state index in [1.54, 1.807) is 24.4 Å². The van der Waals surface area contributed by atoms with E-state index in [0.29, 0.717) is 5.02 Å². The minimum absolute atomic E-state index is 0.0892. The molecule has 0 saturated carbocycles. The van der Waals surface area contributed by atoms with E-state index in [1.165, 1.54) is 0 Å². The summed E-state index contributed by atoms with van der Waals surface area (Å²) in [5, 5.41) is 9.58. The van der Waals surface area contributed by atoms with E-state index in [2.05, 4.69) is 4.98 Å². The van der Waals surface area contributed by atoms with E-state index < -0.39 is 0 Å². The summed E-state index contributed by atoms with van der Waals surface area (Å²) in [6, 6.07) is 10.7. The Morgan fingerprint density at radius 3 is 2.64 bits per heavy atom. The fourth-order valence-corrected chi connectivity index (χ4v) is 1.38. The second kappa shape index (κ2) is 3.68. The molecule has 3 heteroatoms. The van der Waals surface area contributed by atoms with Crippen molar-refractivity contribution >= 4 is 11.6 Å². The van der Waals surface area contributed by atoms with Gasteiger partial charge in [-0.3, -0.25) is 4.98 Å². The zero-order valence-electron chi connectivity index (χ0n) is 7.31. The number of nitrogens with zero attached hydrogens (tertiary/aromatic N) is 1. The molecule has 1 aromatic heterocycles. The van der Waals surface area contributed by atoms with E-state index in [1.807, 2.05) is 18.2 Å². The molecule has 1 N–H and O–H groups in total. The van der Waals surface area contributed by atoms with Crippen molar-refractivity contribution in [3.05, 3.63) is 47.6 Å². The first kappa shape index (κ1) is 9.03. The SMILES string of the molecule is Oc1ccc(-c2ccccn2)cc1Cl. The van der Waals surface area contributed by atoms with Gasteiger partial charge in [0.05, 0.1) is 10.7 Å². The predicted octanol–water partition coefficient (Wildman–Crippen LogP) is 3.11. The van der Waals surface area contributed by atoms with Crippen LogP contribution in [0.2, 0.25) is 5.02 Å². The second-order valence-corrected chi connectivity index (χ2v) is 3.29. The largest absolute Gasteiger partial charge is 0.506 e.